The minimum absolute atomic E-state index is 0.0190. The van der Waals surface area contributed by atoms with Crippen molar-refractivity contribution in [3.05, 3.63) is 76.3 Å². The van der Waals surface area contributed by atoms with E-state index in [0.29, 0.717) is 11.1 Å². The molecule has 2 nitrogen and oxygen atoms in total. The van der Waals surface area contributed by atoms with Gasteiger partial charge in [0.25, 0.3) is 0 Å². The number of nitrogens with zero attached hydrogens (tertiary/aromatic N) is 1. The van der Waals surface area contributed by atoms with Crippen LogP contribution in [0.2, 0.25) is 10.0 Å². The lowest BCUT2D eigenvalue weighted by Crippen LogP contribution is -2.12. The Balaban J connectivity index is 2.12. The molecule has 0 unspecified atom stereocenters. The number of hydrogen-bond donors (Lipinski definition) is 1. The first-order valence-corrected chi connectivity index (χ1v) is 8.10. The van der Waals surface area contributed by atoms with E-state index in [-0.39, 0.29) is 33.0 Å². The fraction of sp³-hybridized carbons (Fsp3) is 0.0526. The van der Waals surface area contributed by atoms with Crippen LogP contribution in [-0.2, 0) is 0 Å². The van der Waals surface area contributed by atoms with Crippen molar-refractivity contribution in [2.45, 2.75) is 0 Å². The summed E-state index contributed by atoms with van der Waals surface area (Å²) in [5.41, 5.74) is 1.72. The second-order valence-corrected chi connectivity index (χ2v) is 6.25. The zero-order chi connectivity index (χ0) is 18.1. The maximum atomic E-state index is 14.4. The zero-order valence-electron chi connectivity index (χ0n) is 13.1. The van der Waals surface area contributed by atoms with Crippen molar-refractivity contribution < 1.29 is 13.9 Å². The highest BCUT2D eigenvalue weighted by Crippen LogP contribution is 2.43. The number of halogens is 4. The molecule has 3 rings (SSSR count). The Morgan fingerprint density at radius 3 is 2.36 bits per heavy atom. The van der Waals surface area contributed by atoms with Crippen LogP contribution < -0.4 is 4.90 Å². The molecule has 0 aromatic heterocycles. The topological polar surface area (TPSA) is 23.5 Å². The number of rotatable bonds is 3. The van der Waals surface area contributed by atoms with Gasteiger partial charge in [-0.15, -0.1) is 0 Å². The molecule has 0 aliphatic heterocycles. The largest absolute Gasteiger partial charge is 0.506 e. The van der Waals surface area contributed by atoms with Crippen LogP contribution in [0.5, 0.6) is 5.75 Å². The molecule has 0 aliphatic carbocycles. The minimum atomic E-state index is -0.502. The molecule has 3 aromatic carbocycles. The molecule has 3 aromatic rings. The van der Waals surface area contributed by atoms with Crippen LogP contribution in [0.3, 0.4) is 0 Å². The number of phenols is 1. The minimum Gasteiger partial charge on any atom is -0.506 e. The summed E-state index contributed by atoms with van der Waals surface area (Å²) in [5, 5.41) is 10.1. The number of anilines is 2. The third-order valence-corrected chi connectivity index (χ3v) is 4.53. The van der Waals surface area contributed by atoms with Crippen LogP contribution in [0.25, 0.3) is 11.1 Å². The van der Waals surface area contributed by atoms with Crippen molar-refractivity contribution in [1.29, 1.82) is 0 Å². The first-order valence-electron chi connectivity index (χ1n) is 7.34. The van der Waals surface area contributed by atoms with Crippen LogP contribution in [0.15, 0.2) is 54.6 Å². The highest BCUT2D eigenvalue weighted by atomic mass is 35.5. The molecule has 1 N–H and O–H groups in total. The van der Waals surface area contributed by atoms with E-state index in [0.717, 1.165) is 0 Å². The third-order valence-electron chi connectivity index (χ3n) is 3.85. The molecule has 0 radical (unpaired) electrons. The van der Waals surface area contributed by atoms with Crippen molar-refractivity contribution in [1.82, 2.24) is 0 Å². The average Bonchev–Trinajstić information content (AvgIpc) is 2.59. The van der Waals surface area contributed by atoms with Gasteiger partial charge in [0.05, 0.1) is 16.4 Å². The fourth-order valence-electron chi connectivity index (χ4n) is 2.58. The molecule has 25 heavy (non-hydrogen) atoms. The molecule has 0 heterocycles. The van der Waals surface area contributed by atoms with E-state index in [9.17, 15) is 13.9 Å². The van der Waals surface area contributed by atoms with Gasteiger partial charge in [0.1, 0.15) is 22.4 Å². The van der Waals surface area contributed by atoms with E-state index < -0.39 is 5.82 Å². The maximum absolute atomic E-state index is 14.4. The molecule has 0 aliphatic rings. The normalized spacial score (nSPS) is 10.8. The van der Waals surface area contributed by atoms with E-state index in [4.69, 9.17) is 23.2 Å². The van der Waals surface area contributed by atoms with E-state index >= 15 is 0 Å². The SMILES string of the molecule is CN(c1cc(-c2cccc(F)c2)ccc1F)c1c(Cl)ccc(O)c1Cl. The second-order valence-electron chi connectivity index (χ2n) is 5.46. The van der Waals surface area contributed by atoms with Crippen LogP contribution in [-0.4, -0.2) is 12.2 Å². The quantitative estimate of drug-likeness (QED) is 0.567. The summed E-state index contributed by atoms with van der Waals surface area (Å²) in [6.07, 6.45) is 0. The summed E-state index contributed by atoms with van der Waals surface area (Å²) < 4.78 is 27.9. The first kappa shape index (κ1) is 17.5. The van der Waals surface area contributed by atoms with E-state index in [1.807, 2.05) is 0 Å². The molecule has 6 heteroatoms. The molecule has 0 atom stereocenters. The highest BCUT2D eigenvalue weighted by molar-refractivity contribution is 6.40. The number of aromatic hydroxyl groups is 1. The lowest BCUT2D eigenvalue weighted by molar-refractivity contribution is 0.475. The Morgan fingerprint density at radius 2 is 1.64 bits per heavy atom. The summed E-state index contributed by atoms with van der Waals surface area (Å²) in [6.45, 7) is 0. The third kappa shape index (κ3) is 3.41. The molecule has 0 bridgehead atoms. The van der Waals surface area contributed by atoms with Crippen LogP contribution in [0.1, 0.15) is 0 Å². The predicted octanol–water partition coefficient (Wildman–Crippen LogP) is 6.41. The lowest BCUT2D eigenvalue weighted by Gasteiger charge is -2.23. The van der Waals surface area contributed by atoms with Crippen molar-refractivity contribution in [3.8, 4) is 16.9 Å². The first-order chi connectivity index (χ1) is 11.9. The maximum Gasteiger partial charge on any atom is 0.146 e. The molecular weight excluding hydrogens is 367 g/mol. The van der Waals surface area contributed by atoms with Gasteiger partial charge in [-0.05, 0) is 47.5 Å². The Labute approximate surface area is 153 Å². The number of hydrogen-bond acceptors (Lipinski definition) is 2. The molecule has 128 valence electrons. The number of benzene rings is 3. The molecular formula is C19H13Cl2F2NO. The summed E-state index contributed by atoms with van der Waals surface area (Å²) in [6, 6.07) is 13.3. The summed E-state index contributed by atoms with van der Waals surface area (Å²) in [5.74, 6) is -1.04. The van der Waals surface area contributed by atoms with Crippen molar-refractivity contribution in [2.24, 2.45) is 0 Å². The Kier molecular flexibility index (Phi) is 4.84. The van der Waals surface area contributed by atoms with Gasteiger partial charge in [-0.25, -0.2) is 8.78 Å². The monoisotopic (exact) mass is 379 g/mol. The molecule has 0 saturated carbocycles. The Bertz CT molecular complexity index is 947. The van der Waals surface area contributed by atoms with E-state index in [2.05, 4.69) is 0 Å². The van der Waals surface area contributed by atoms with Gasteiger partial charge >= 0.3 is 0 Å². The smallest absolute Gasteiger partial charge is 0.146 e. The summed E-state index contributed by atoms with van der Waals surface area (Å²) in [7, 11) is 1.58. The van der Waals surface area contributed by atoms with E-state index in [1.54, 1.807) is 31.3 Å². The highest BCUT2D eigenvalue weighted by Gasteiger charge is 2.19. The van der Waals surface area contributed by atoms with Gasteiger partial charge in [-0.3, -0.25) is 0 Å². The molecule has 0 spiro atoms. The van der Waals surface area contributed by atoms with Crippen molar-refractivity contribution in [2.75, 3.05) is 11.9 Å². The van der Waals surface area contributed by atoms with Gasteiger partial charge < -0.3 is 10.0 Å². The van der Waals surface area contributed by atoms with Crippen molar-refractivity contribution >= 4 is 34.6 Å². The molecule has 0 saturated heterocycles. The Hall–Kier alpha value is -2.30. The molecule has 0 fully saturated rings. The average molecular weight is 380 g/mol. The van der Waals surface area contributed by atoms with Gasteiger partial charge in [-0.1, -0.05) is 41.4 Å². The summed E-state index contributed by atoms with van der Waals surface area (Å²) >= 11 is 12.3. The lowest BCUT2D eigenvalue weighted by atomic mass is 10.0. The second kappa shape index (κ2) is 6.90. The molecule has 0 amide bonds. The number of phenolic OH excluding ortho intramolecular Hbond substituents is 1. The van der Waals surface area contributed by atoms with Crippen LogP contribution >= 0.6 is 23.2 Å². The Morgan fingerprint density at radius 1 is 0.920 bits per heavy atom. The van der Waals surface area contributed by atoms with Crippen molar-refractivity contribution in [3.63, 3.8) is 0 Å². The standard InChI is InChI=1S/C19H13Cl2F2NO/c1-24(19-14(20)6-8-17(25)18(19)21)16-10-12(5-7-15(16)23)11-3-2-4-13(22)9-11/h2-10,25H,1H3. The van der Waals surface area contributed by atoms with Gasteiger partial charge in [0.2, 0.25) is 0 Å². The van der Waals surface area contributed by atoms with Crippen LogP contribution in [0, 0.1) is 11.6 Å². The van der Waals surface area contributed by atoms with Crippen LogP contribution in [0.4, 0.5) is 20.2 Å². The summed E-state index contributed by atoms with van der Waals surface area (Å²) in [4.78, 5) is 1.45. The zero-order valence-corrected chi connectivity index (χ0v) is 14.6. The predicted molar refractivity (Wildman–Crippen MR) is 98.0 cm³/mol. The van der Waals surface area contributed by atoms with Gasteiger partial charge in [0, 0.05) is 7.05 Å². The van der Waals surface area contributed by atoms with E-state index in [1.165, 1.54) is 35.2 Å². The van der Waals surface area contributed by atoms with Gasteiger partial charge in [-0.2, -0.15) is 0 Å². The van der Waals surface area contributed by atoms with Gasteiger partial charge in [0.15, 0.2) is 0 Å². The fourth-order valence-corrected chi connectivity index (χ4v) is 3.20.